The number of hydrogen-bond donors (Lipinski definition) is 1. The van der Waals surface area contributed by atoms with Crippen molar-refractivity contribution >= 4 is 5.69 Å². The summed E-state index contributed by atoms with van der Waals surface area (Å²) in [6, 6.07) is 5.43. The first-order valence-electron chi connectivity index (χ1n) is 8.07. The Balaban J connectivity index is 2.04. The Bertz CT molecular complexity index is 440. The van der Waals surface area contributed by atoms with Crippen LogP contribution in [0.2, 0.25) is 0 Å². The van der Waals surface area contributed by atoms with Crippen LogP contribution in [0.15, 0.2) is 18.2 Å². The smallest absolute Gasteiger partial charge is 0.129 e. The molecule has 1 aromatic rings. The summed E-state index contributed by atoms with van der Waals surface area (Å²) in [5, 5.41) is 3.24. The summed E-state index contributed by atoms with van der Waals surface area (Å²) in [7, 11) is 0. The third-order valence-corrected chi connectivity index (χ3v) is 3.98. The average Bonchev–Trinajstić information content (AvgIpc) is 2.46. The van der Waals surface area contributed by atoms with E-state index in [1.807, 2.05) is 19.1 Å². The normalized spacial score (nSPS) is 16.7. The molecule has 0 bridgehead atoms. The Labute approximate surface area is 128 Å². The molecule has 0 unspecified atom stereocenters. The zero-order valence-electron chi connectivity index (χ0n) is 13.5. The third-order valence-electron chi connectivity index (χ3n) is 3.98. The predicted molar refractivity (Wildman–Crippen MR) is 87.3 cm³/mol. The molecule has 1 saturated heterocycles. The molecule has 0 amide bonds. The predicted octanol–water partition coefficient (Wildman–Crippen LogP) is 2.71. The molecule has 1 fully saturated rings. The summed E-state index contributed by atoms with van der Waals surface area (Å²) >= 11 is 0. The van der Waals surface area contributed by atoms with Gasteiger partial charge in [-0.1, -0.05) is 26.8 Å². The lowest BCUT2D eigenvalue weighted by Gasteiger charge is -2.37. The molecule has 1 N–H and O–H groups in total. The maximum Gasteiger partial charge on any atom is 0.129 e. The van der Waals surface area contributed by atoms with Crippen LogP contribution in [0.25, 0.3) is 0 Å². The van der Waals surface area contributed by atoms with E-state index in [0.717, 1.165) is 50.5 Å². The molecule has 0 radical (unpaired) electrons. The summed E-state index contributed by atoms with van der Waals surface area (Å²) in [4.78, 5) is 4.83. The van der Waals surface area contributed by atoms with Crippen LogP contribution in [0.1, 0.15) is 26.3 Å². The van der Waals surface area contributed by atoms with Crippen LogP contribution in [0.4, 0.5) is 10.1 Å². The van der Waals surface area contributed by atoms with E-state index in [1.54, 1.807) is 6.07 Å². The third kappa shape index (κ3) is 4.42. The highest BCUT2D eigenvalue weighted by atomic mass is 19.1. The molecule has 21 heavy (non-hydrogen) atoms. The zero-order chi connectivity index (χ0) is 15.2. The summed E-state index contributed by atoms with van der Waals surface area (Å²) in [6.45, 7) is 13.3. The van der Waals surface area contributed by atoms with E-state index in [9.17, 15) is 4.39 Å². The van der Waals surface area contributed by atoms with Crippen LogP contribution < -0.4 is 10.2 Å². The molecule has 1 aliphatic rings. The van der Waals surface area contributed by atoms with Gasteiger partial charge in [0.05, 0.1) is 0 Å². The Morgan fingerprint density at radius 3 is 2.52 bits per heavy atom. The summed E-state index contributed by atoms with van der Waals surface area (Å²) < 4.78 is 14.1. The number of anilines is 1. The maximum atomic E-state index is 14.1. The molecule has 1 heterocycles. The number of nitrogens with one attached hydrogen (secondary N) is 1. The number of benzene rings is 1. The van der Waals surface area contributed by atoms with E-state index in [4.69, 9.17) is 0 Å². The highest BCUT2D eigenvalue weighted by molar-refractivity contribution is 5.54. The van der Waals surface area contributed by atoms with Gasteiger partial charge in [0.15, 0.2) is 0 Å². The highest BCUT2D eigenvalue weighted by Gasteiger charge is 2.20. The molecule has 0 atom stereocenters. The first kappa shape index (κ1) is 16.2. The second-order valence-corrected chi connectivity index (χ2v) is 6.20. The Morgan fingerprint density at radius 2 is 1.90 bits per heavy atom. The number of nitrogens with zero attached hydrogens (tertiary/aromatic N) is 2. The average molecular weight is 293 g/mol. The van der Waals surface area contributed by atoms with Crippen LogP contribution >= 0.6 is 0 Å². The second-order valence-electron chi connectivity index (χ2n) is 6.20. The Hall–Kier alpha value is -1.13. The fourth-order valence-corrected chi connectivity index (χ4v) is 2.96. The largest absolute Gasteiger partial charge is 0.369 e. The molecular formula is C17H28FN3. The number of rotatable bonds is 6. The van der Waals surface area contributed by atoms with E-state index in [-0.39, 0.29) is 5.82 Å². The minimum Gasteiger partial charge on any atom is -0.369 e. The van der Waals surface area contributed by atoms with Crippen molar-refractivity contribution in [3.8, 4) is 0 Å². The number of halogens is 1. The van der Waals surface area contributed by atoms with Crippen molar-refractivity contribution in [3.63, 3.8) is 0 Å². The van der Waals surface area contributed by atoms with Gasteiger partial charge >= 0.3 is 0 Å². The van der Waals surface area contributed by atoms with Crippen molar-refractivity contribution in [3.05, 3.63) is 29.6 Å². The molecule has 4 heteroatoms. The highest BCUT2D eigenvalue weighted by Crippen LogP contribution is 2.24. The van der Waals surface area contributed by atoms with Crippen LogP contribution in [0.3, 0.4) is 0 Å². The van der Waals surface area contributed by atoms with Gasteiger partial charge in [-0.3, -0.25) is 4.90 Å². The summed E-state index contributed by atoms with van der Waals surface area (Å²) in [5.74, 6) is 0.605. The molecular weight excluding hydrogens is 265 g/mol. The van der Waals surface area contributed by atoms with Gasteiger partial charge in [0.25, 0.3) is 0 Å². The van der Waals surface area contributed by atoms with Gasteiger partial charge in [-0.2, -0.15) is 0 Å². The Kier molecular flexibility index (Phi) is 6.00. The molecule has 0 aliphatic carbocycles. The van der Waals surface area contributed by atoms with Crippen LogP contribution in [-0.2, 0) is 6.54 Å². The first-order chi connectivity index (χ1) is 10.1. The van der Waals surface area contributed by atoms with Gasteiger partial charge < -0.3 is 10.2 Å². The van der Waals surface area contributed by atoms with Crippen LogP contribution in [0, 0.1) is 11.7 Å². The molecule has 118 valence electrons. The van der Waals surface area contributed by atoms with Gasteiger partial charge in [-0.15, -0.1) is 0 Å². The quantitative estimate of drug-likeness (QED) is 0.870. The van der Waals surface area contributed by atoms with Crippen molar-refractivity contribution in [2.45, 2.75) is 27.3 Å². The van der Waals surface area contributed by atoms with E-state index < -0.39 is 0 Å². The van der Waals surface area contributed by atoms with Gasteiger partial charge in [-0.05, 0) is 24.6 Å². The molecule has 0 aromatic heterocycles. The molecule has 0 spiro atoms. The lowest BCUT2D eigenvalue weighted by molar-refractivity contribution is 0.231. The number of hydrogen-bond acceptors (Lipinski definition) is 3. The molecule has 0 saturated carbocycles. The van der Waals surface area contributed by atoms with E-state index >= 15 is 0 Å². The fraction of sp³-hybridized carbons (Fsp3) is 0.647. The minimum atomic E-state index is -0.0990. The first-order valence-corrected chi connectivity index (χ1v) is 8.07. The van der Waals surface area contributed by atoms with Crippen LogP contribution in [-0.4, -0.2) is 44.2 Å². The zero-order valence-corrected chi connectivity index (χ0v) is 13.5. The van der Waals surface area contributed by atoms with E-state index in [2.05, 4.69) is 29.0 Å². The molecule has 1 aliphatic heterocycles. The standard InChI is InChI=1S/C17H28FN3/c1-4-19-12-15-16(18)6-5-7-17(15)21-10-8-20(9-11-21)13-14(2)3/h5-7,14,19H,4,8-13H2,1-3H3. The van der Waals surface area contributed by atoms with Gasteiger partial charge in [0, 0.05) is 50.5 Å². The van der Waals surface area contributed by atoms with Crippen molar-refractivity contribution in [2.75, 3.05) is 44.2 Å². The van der Waals surface area contributed by atoms with Gasteiger partial charge in [-0.25, -0.2) is 4.39 Å². The SMILES string of the molecule is CCNCc1c(F)cccc1N1CCN(CC(C)C)CC1. The molecule has 1 aromatic carbocycles. The van der Waals surface area contributed by atoms with Crippen molar-refractivity contribution < 1.29 is 4.39 Å². The van der Waals surface area contributed by atoms with Crippen molar-refractivity contribution in [2.24, 2.45) is 5.92 Å². The van der Waals surface area contributed by atoms with E-state index in [1.165, 1.54) is 0 Å². The van der Waals surface area contributed by atoms with Gasteiger partial charge in [0.1, 0.15) is 5.82 Å². The van der Waals surface area contributed by atoms with E-state index in [0.29, 0.717) is 12.5 Å². The van der Waals surface area contributed by atoms with Crippen LogP contribution in [0.5, 0.6) is 0 Å². The number of piperazine rings is 1. The minimum absolute atomic E-state index is 0.0990. The van der Waals surface area contributed by atoms with Crippen molar-refractivity contribution in [1.29, 1.82) is 0 Å². The van der Waals surface area contributed by atoms with Crippen molar-refractivity contribution in [1.82, 2.24) is 10.2 Å². The Morgan fingerprint density at radius 1 is 1.19 bits per heavy atom. The maximum absolute atomic E-state index is 14.1. The second kappa shape index (κ2) is 7.76. The summed E-state index contributed by atoms with van der Waals surface area (Å²) in [6.07, 6.45) is 0. The molecule has 2 rings (SSSR count). The monoisotopic (exact) mass is 293 g/mol. The topological polar surface area (TPSA) is 18.5 Å². The summed E-state index contributed by atoms with van der Waals surface area (Å²) in [5.41, 5.74) is 1.86. The lowest BCUT2D eigenvalue weighted by Crippen LogP contribution is -2.47. The van der Waals surface area contributed by atoms with Gasteiger partial charge in [0.2, 0.25) is 0 Å². The fourth-order valence-electron chi connectivity index (χ4n) is 2.96. The molecule has 3 nitrogen and oxygen atoms in total. The lowest BCUT2D eigenvalue weighted by atomic mass is 10.1.